The maximum absolute atomic E-state index is 6.05. The van der Waals surface area contributed by atoms with Gasteiger partial charge in [-0.1, -0.05) is 18.0 Å². The molecule has 0 radical (unpaired) electrons. The molecule has 0 aromatic carbocycles. The van der Waals surface area contributed by atoms with E-state index in [9.17, 15) is 0 Å². The van der Waals surface area contributed by atoms with Crippen LogP contribution in [0.15, 0.2) is 12.4 Å². The van der Waals surface area contributed by atoms with Gasteiger partial charge in [-0.25, -0.2) is 9.97 Å². The summed E-state index contributed by atoms with van der Waals surface area (Å²) in [6.07, 6.45) is 9.68. The van der Waals surface area contributed by atoms with Crippen molar-refractivity contribution >= 4 is 17.4 Å². The predicted octanol–water partition coefficient (Wildman–Crippen LogP) is 2.56. The molecule has 4 nitrogen and oxygen atoms in total. The van der Waals surface area contributed by atoms with Crippen molar-refractivity contribution in [2.75, 3.05) is 12.4 Å². The van der Waals surface area contributed by atoms with Gasteiger partial charge in [-0.05, 0) is 32.7 Å². The van der Waals surface area contributed by atoms with Crippen LogP contribution in [0.3, 0.4) is 0 Å². The molecule has 2 fully saturated rings. The van der Waals surface area contributed by atoms with Gasteiger partial charge in [-0.15, -0.1) is 0 Å². The Balaban J connectivity index is 1.70. The van der Waals surface area contributed by atoms with E-state index in [1.165, 1.54) is 32.1 Å². The fraction of sp³-hybridized carbons (Fsp3) is 0.692. The van der Waals surface area contributed by atoms with E-state index in [0.29, 0.717) is 23.3 Å². The molecule has 3 rings (SSSR count). The van der Waals surface area contributed by atoms with Crippen molar-refractivity contribution in [2.45, 2.75) is 50.2 Å². The molecular weight excluding hydrogens is 248 g/mol. The Kier molecular flexibility index (Phi) is 3.39. The van der Waals surface area contributed by atoms with Crippen molar-refractivity contribution in [3.8, 4) is 0 Å². The van der Waals surface area contributed by atoms with Crippen LogP contribution in [0.5, 0.6) is 0 Å². The quantitative estimate of drug-likeness (QED) is 0.893. The maximum Gasteiger partial charge on any atom is 0.171 e. The van der Waals surface area contributed by atoms with E-state index in [4.69, 9.17) is 11.6 Å². The summed E-state index contributed by atoms with van der Waals surface area (Å²) < 4.78 is 0. The summed E-state index contributed by atoms with van der Waals surface area (Å²) in [5, 5.41) is 3.94. The van der Waals surface area contributed by atoms with Crippen LogP contribution in [0.25, 0.3) is 0 Å². The number of rotatable bonds is 2. The Morgan fingerprint density at radius 1 is 1.22 bits per heavy atom. The van der Waals surface area contributed by atoms with Gasteiger partial charge in [0.1, 0.15) is 0 Å². The summed E-state index contributed by atoms with van der Waals surface area (Å²) in [5.41, 5.74) is 0. The molecule has 0 spiro atoms. The van der Waals surface area contributed by atoms with Gasteiger partial charge < -0.3 is 10.2 Å². The molecule has 18 heavy (non-hydrogen) atoms. The Hall–Kier alpha value is -0.870. The van der Waals surface area contributed by atoms with Crippen LogP contribution in [0.1, 0.15) is 32.1 Å². The molecule has 1 N–H and O–H groups in total. The Morgan fingerprint density at radius 3 is 2.56 bits per heavy atom. The second-order valence-electron chi connectivity index (χ2n) is 5.41. The zero-order chi connectivity index (χ0) is 12.5. The van der Waals surface area contributed by atoms with Gasteiger partial charge in [-0.2, -0.15) is 0 Å². The molecule has 98 valence electrons. The summed E-state index contributed by atoms with van der Waals surface area (Å²) in [5.74, 6) is 0.729. The molecule has 2 saturated heterocycles. The van der Waals surface area contributed by atoms with Gasteiger partial charge in [0.2, 0.25) is 0 Å². The lowest BCUT2D eigenvalue weighted by Gasteiger charge is -2.47. The van der Waals surface area contributed by atoms with E-state index < -0.39 is 0 Å². The Labute approximate surface area is 113 Å². The van der Waals surface area contributed by atoms with Crippen molar-refractivity contribution in [2.24, 2.45) is 0 Å². The third-order valence-corrected chi connectivity index (χ3v) is 4.61. The highest BCUT2D eigenvalue weighted by atomic mass is 35.5. The van der Waals surface area contributed by atoms with Crippen LogP contribution in [-0.2, 0) is 0 Å². The van der Waals surface area contributed by atoms with Crippen LogP contribution in [-0.4, -0.2) is 40.0 Å². The lowest BCUT2D eigenvalue weighted by Crippen LogP contribution is -2.52. The fourth-order valence-corrected chi connectivity index (χ4v) is 3.50. The second-order valence-corrected chi connectivity index (χ2v) is 5.77. The smallest absolute Gasteiger partial charge is 0.171 e. The number of fused-ring (bicyclic) bond motifs is 2. The van der Waals surface area contributed by atoms with Crippen LogP contribution in [0.4, 0.5) is 5.82 Å². The second kappa shape index (κ2) is 5.02. The summed E-state index contributed by atoms with van der Waals surface area (Å²) in [6, 6.07) is 1.90. The lowest BCUT2D eigenvalue weighted by molar-refractivity contribution is 0.0608. The molecule has 1 aromatic rings. The number of halogens is 1. The maximum atomic E-state index is 6.05. The van der Waals surface area contributed by atoms with Gasteiger partial charge in [-0.3, -0.25) is 0 Å². The first-order valence-corrected chi connectivity index (χ1v) is 7.07. The van der Waals surface area contributed by atoms with E-state index in [-0.39, 0.29) is 0 Å². The number of hydrogen-bond acceptors (Lipinski definition) is 4. The normalized spacial score (nSPS) is 32.2. The van der Waals surface area contributed by atoms with Crippen LogP contribution in [0, 0.1) is 0 Å². The molecule has 2 aliphatic rings. The van der Waals surface area contributed by atoms with Crippen molar-refractivity contribution in [1.29, 1.82) is 0 Å². The zero-order valence-corrected chi connectivity index (χ0v) is 11.4. The highest BCUT2D eigenvalue weighted by Crippen LogP contribution is 2.34. The SMILES string of the molecule is CN1C2CCCC1CC(Nc1nccnc1Cl)C2. The molecular formula is C13H19ClN4. The fourth-order valence-electron chi connectivity index (χ4n) is 3.34. The van der Waals surface area contributed by atoms with Crippen molar-refractivity contribution in [1.82, 2.24) is 14.9 Å². The van der Waals surface area contributed by atoms with E-state index in [1.54, 1.807) is 12.4 Å². The zero-order valence-electron chi connectivity index (χ0n) is 10.6. The highest BCUT2D eigenvalue weighted by Gasteiger charge is 2.36. The summed E-state index contributed by atoms with van der Waals surface area (Å²) in [4.78, 5) is 10.9. The number of piperidine rings is 2. The van der Waals surface area contributed by atoms with E-state index >= 15 is 0 Å². The van der Waals surface area contributed by atoms with Gasteiger partial charge in [0, 0.05) is 30.5 Å². The lowest BCUT2D eigenvalue weighted by atomic mass is 9.82. The molecule has 2 atom stereocenters. The Morgan fingerprint density at radius 2 is 1.89 bits per heavy atom. The summed E-state index contributed by atoms with van der Waals surface area (Å²) >= 11 is 6.05. The number of nitrogens with one attached hydrogen (secondary N) is 1. The topological polar surface area (TPSA) is 41.0 Å². The molecule has 2 unspecified atom stereocenters. The number of nitrogens with zero attached hydrogens (tertiary/aromatic N) is 3. The largest absolute Gasteiger partial charge is 0.365 e. The highest BCUT2D eigenvalue weighted by molar-refractivity contribution is 6.31. The summed E-state index contributed by atoms with van der Waals surface area (Å²) in [7, 11) is 2.26. The minimum Gasteiger partial charge on any atom is -0.365 e. The molecule has 0 saturated carbocycles. The van der Waals surface area contributed by atoms with Crippen molar-refractivity contribution < 1.29 is 0 Å². The van der Waals surface area contributed by atoms with Crippen molar-refractivity contribution in [3.05, 3.63) is 17.5 Å². The van der Waals surface area contributed by atoms with Gasteiger partial charge in [0.25, 0.3) is 0 Å². The minimum atomic E-state index is 0.474. The van der Waals surface area contributed by atoms with E-state index in [1.807, 2.05) is 0 Å². The number of aromatic nitrogens is 2. The first-order valence-electron chi connectivity index (χ1n) is 6.69. The molecule has 1 aromatic heterocycles. The average Bonchev–Trinajstić information content (AvgIpc) is 2.33. The van der Waals surface area contributed by atoms with E-state index in [2.05, 4.69) is 27.2 Å². The first-order chi connectivity index (χ1) is 8.74. The molecule has 0 amide bonds. The summed E-state index contributed by atoms with van der Waals surface area (Å²) in [6.45, 7) is 0. The van der Waals surface area contributed by atoms with Crippen LogP contribution < -0.4 is 5.32 Å². The van der Waals surface area contributed by atoms with Crippen LogP contribution in [0.2, 0.25) is 5.15 Å². The third kappa shape index (κ3) is 2.31. The molecule has 2 aliphatic heterocycles. The van der Waals surface area contributed by atoms with Crippen molar-refractivity contribution in [3.63, 3.8) is 0 Å². The molecule has 3 heterocycles. The first kappa shape index (κ1) is 12.2. The number of hydrogen-bond donors (Lipinski definition) is 1. The average molecular weight is 267 g/mol. The van der Waals surface area contributed by atoms with Crippen LogP contribution >= 0.6 is 11.6 Å². The van der Waals surface area contributed by atoms with E-state index in [0.717, 1.165) is 5.82 Å². The Bertz CT molecular complexity index is 411. The molecule has 2 bridgehead atoms. The predicted molar refractivity (Wildman–Crippen MR) is 72.9 cm³/mol. The van der Waals surface area contributed by atoms with Gasteiger partial charge in [0.15, 0.2) is 11.0 Å². The monoisotopic (exact) mass is 266 g/mol. The van der Waals surface area contributed by atoms with Gasteiger partial charge in [0.05, 0.1) is 0 Å². The molecule has 0 aliphatic carbocycles. The minimum absolute atomic E-state index is 0.474. The standard InChI is InChI=1S/C13H19ClN4/c1-18-10-3-2-4-11(18)8-9(7-10)17-13-12(14)15-5-6-16-13/h5-6,9-11H,2-4,7-8H2,1H3,(H,16,17). The molecule has 5 heteroatoms. The number of anilines is 1. The van der Waals surface area contributed by atoms with Gasteiger partial charge >= 0.3 is 0 Å². The third-order valence-electron chi connectivity index (χ3n) is 4.33.